The highest BCUT2D eigenvalue weighted by molar-refractivity contribution is 5.28. The van der Waals surface area contributed by atoms with Gasteiger partial charge in [0.05, 0.1) is 0 Å². The molecule has 17 heavy (non-hydrogen) atoms. The summed E-state index contributed by atoms with van der Waals surface area (Å²) in [7, 11) is 0. The van der Waals surface area contributed by atoms with Gasteiger partial charge in [-0.3, -0.25) is 0 Å². The van der Waals surface area contributed by atoms with Crippen LogP contribution in [-0.2, 0) is 0 Å². The molecule has 0 atom stereocenters. The normalized spacial score (nSPS) is 16.2. The van der Waals surface area contributed by atoms with Crippen LogP contribution in [0.1, 0.15) is 0 Å². The lowest BCUT2D eigenvalue weighted by atomic mass is 10.1. The molecule has 11 heteroatoms. The highest BCUT2D eigenvalue weighted by Gasteiger charge is 2.64. The lowest BCUT2D eigenvalue weighted by molar-refractivity contribution is -0.272. The maximum absolute atomic E-state index is 12.3. The van der Waals surface area contributed by atoms with E-state index in [4.69, 9.17) is 0 Å². The predicted molar refractivity (Wildman–Crippen MR) is 30.7 cm³/mol. The monoisotopic (exact) mass is 281 g/mol. The molecule has 0 rings (SSSR count). The largest absolute Gasteiger partial charge is 0.460 e. The Morgan fingerprint density at radius 1 is 0.647 bits per heavy atom. The summed E-state index contributed by atoms with van der Waals surface area (Å²) in [5.41, 5.74) is -3.93. The Bertz CT molecular complexity index is 303. The van der Waals surface area contributed by atoms with Crippen molar-refractivity contribution in [2.24, 2.45) is 0 Å². The van der Waals surface area contributed by atoms with Crippen molar-refractivity contribution in [1.29, 1.82) is 0 Å². The van der Waals surface area contributed by atoms with E-state index in [-0.39, 0.29) is 0 Å². The zero-order chi connectivity index (χ0) is 14.2. The molecule has 0 bridgehead atoms. The van der Waals surface area contributed by atoms with Crippen LogP contribution in [0.2, 0.25) is 0 Å². The minimum Gasteiger partial charge on any atom is -0.204 e. The molecule has 0 spiro atoms. The van der Waals surface area contributed by atoms with E-state index in [1.807, 2.05) is 0 Å². The Morgan fingerprint density at radius 3 is 1.18 bits per heavy atom. The summed E-state index contributed by atoms with van der Waals surface area (Å²) in [6.07, 6.45) is -17.2. The van der Waals surface area contributed by atoms with Crippen molar-refractivity contribution in [1.82, 2.24) is 0 Å². The van der Waals surface area contributed by atoms with Crippen LogP contribution in [0.5, 0.6) is 0 Å². The molecular weight excluding hydrogens is 281 g/mol. The van der Waals surface area contributed by atoms with Crippen molar-refractivity contribution in [3.8, 4) is 0 Å². The van der Waals surface area contributed by atoms with E-state index in [2.05, 4.69) is 0 Å². The van der Waals surface area contributed by atoms with Crippen LogP contribution in [-0.4, -0.2) is 18.3 Å². The molecule has 0 amide bonds. The first-order chi connectivity index (χ1) is 7.23. The topological polar surface area (TPSA) is 0 Å². The molecule has 0 aromatic rings. The van der Waals surface area contributed by atoms with Crippen molar-refractivity contribution >= 4 is 0 Å². The molecule has 0 unspecified atom stereocenters. The van der Waals surface area contributed by atoms with E-state index in [9.17, 15) is 48.3 Å². The molecule has 0 heterocycles. The molecule has 0 aromatic heterocycles. The molecule has 1 radical (unpaired) electrons. The SMILES string of the molecule is F[C](F)C(=C(F)C(F)(F)C(F)(F)F)C(F)(F)F. The molecule has 0 aliphatic heterocycles. The molecule has 0 aliphatic carbocycles. The van der Waals surface area contributed by atoms with Gasteiger partial charge in [-0.05, 0) is 0 Å². The lowest BCUT2D eigenvalue weighted by Crippen LogP contribution is -2.39. The van der Waals surface area contributed by atoms with Crippen LogP contribution in [0.15, 0.2) is 11.4 Å². The zero-order valence-corrected chi connectivity index (χ0v) is 7.16. The smallest absolute Gasteiger partial charge is 0.204 e. The predicted octanol–water partition coefficient (Wildman–Crippen LogP) is 4.40. The molecule has 0 aromatic carbocycles. The Hall–Kier alpha value is -1.03. The first-order valence-corrected chi connectivity index (χ1v) is 3.33. The Balaban J connectivity index is 5.85. The minimum absolute atomic E-state index is 3.93. The van der Waals surface area contributed by atoms with Crippen molar-refractivity contribution in [3.63, 3.8) is 0 Å². The second-order valence-electron chi connectivity index (χ2n) is 2.52. The fraction of sp³-hybridized carbons (Fsp3) is 0.500. The molecule has 0 N–H and O–H groups in total. The molecular formula is C6F11. The summed E-state index contributed by atoms with van der Waals surface area (Å²) in [6.45, 7) is 0. The maximum Gasteiger partial charge on any atom is 0.460 e. The molecule has 0 fully saturated rings. The first kappa shape index (κ1) is 16.0. The number of alkyl halides is 8. The van der Waals surface area contributed by atoms with Gasteiger partial charge in [-0.2, -0.15) is 43.9 Å². The standard InChI is InChI=1S/C6F11/c7-2(4(10,11)6(15,16)17)1(3(8)9)5(12,13)14. The van der Waals surface area contributed by atoms with Gasteiger partial charge in [-0.1, -0.05) is 0 Å². The highest BCUT2D eigenvalue weighted by atomic mass is 19.4. The first-order valence-electron chi connectivity index (χ1n) is 3.33. The summed E-state index contributed by atoms with van der Waals surface area (Å²) in [6, 6.07) is 0. The van der Waals surface area contributed by atoms with E-state index in [1.165, 1.54) is 0 Å². The van der Waals surface area contributed by atoms with Crippen molar-refractivity contribution < 1.29 is 48.3 Å². The Kier molecular flexibility index (Phi) is 4.07. The van der Waals surface area contributed by atoms with Crippen LogP contribution < -0.4 is 0 Å². The third-order valence-electron chi connectivity index (χ3n) is 1.32. The summed E-state index contributed by atoms with van der Waals surface area (Å²) in [4.78, 5) is 0. The molecule has 0 nitrogen and oxygen atoms in total. The van der Waals surface area contributed by atoms with E-state index in [0.29, 0.717) is 0 Å². The second-order valence-corrected chi connectivity index (χ2v) is 2.52. The third kappa shape index (κ3) is 3.22. The van der Waals surface area contributed by atoms with E-state index in [0.717, 1.165) is 0 Å². The van der Waals surface area contributed by atoms with Gasteiger partial charge < -0.3 is 0 Å². The van der Waals surface area contributed by atoms with Gasteiger partial charge in [0.2, 0.25) is 0 Å². The van der Waals surface area contributed by atoms with Crippen LogP contribution in [0.3, 0.4) is 0 Å². The zero-order valence-electron chi connectivity index (χ0n) is 7.16. The van der Waals surface area contributed by atoms with Crippen LogP contribution >= 0.6 is 0 Å². The van der Waals surface area contributed by atoms with Gasteiger partial charge in [-0.15, -0.1) is 0 Å². The molecule has 0 saturated carbocycles. The van der Waals surface area contributed by atoms with Crippen molar-refractivity contribution in [2.45, 2.75) is 18.3 Å². The van der Waals surface area contributed by atoms with Crippen molar-refractivity contribution in [3.05, 3.63) is 17.8 Å². The number of hydrogen-bond donors (Lipinski definition) is 0. The molecule has 0 saturated heterocycles. The number of hydrogen-bond acceptors (Lipinski definition) is 0. The summed E-state index contributed by atoms with van der Waals surface area (Å²) in [5.74, 6) is -10.9. The van der Waals surface area contributed by atoms with E-state index >= 15 is 0 Å². The lowest BCUT2D eigenvalue weighted by Gasteiger charge is -2.20. The fourth-order valence-corrected chi connectivity index (χ4v) is 0.596. The maximum atomic E-state index is 12.3. The van der Waals surface area contributed by atoms with Crippen LogP contribution in [0.25, 0.3) is 0 Å². The Labute approximate surface area is 85.7 Å². The third-order valence-corrected chi connectivity index (χ3v) is 1.32. The molecule has 101 valence electrons. The molecule has 0 aliphatic rings. The van der Waals surface area contributed by atoms with Gasteiger partial charge in [0.1, 0.15) is 5.57 Å². The van der Waals surface area contributed by atoms with Gasteiger partial charge in [0, 0.05) is 0 Å². The fourth-order valence-electron chi connectivity index (χ4n) is 0.596. The van der Waals surface area contributed by atoms with Crippen molar-refractivity contribution in [2.75, 3.05) is 0 Å². The number of halogens is 11. The van der Waals surface area contributed by atoms with Crippen LogP contribution in [0, 0.1) is 6.43 Å². The number of rotatable bonds is 2. The average Bonchev–Trinajstić information content (AvgIpc) is 1.97. The second kappa shape index (κ2) is 4.33. The quantitative estimate of drug-likeness (QED) is 0.658. The average molecular weight is 281 g/mol. The van der Waals surface area contributed by atoms with Gasteiger partial charge in [-0.25, -0.2) is 4.39 Å². The van der Waals surface area contributed by atoms with Gasteiger partial charge in [0.15, 0.2) is 5.83 Å². The van der Waals surface area contributed by atoms with Gasteiger partial charge in [0.25, 0.3) is 0 Å². The highest BCUT2D eigenvalue weighted by Crippen LogP contribution is 2.48. The number of allylic oxidation sites excluding steroid dienone is 2. The van der Waals surface area contributed by atoms with E-state index < -0.39 is 36.1 Å². The van der Waals surface area contributed by atoms with Crippen LogP contribution in [0.4, 0.5) is 48.3 Å². The summed E-state index contributed by atoms with van der Waals surface area (Å²) < 4.78 is 129. The van der Waals surface area contributed by atoms with Gasteiger partial charge >= 0.3 is 24.7 Å². The minimum atomic E-state index is -6.76. The Morgan fingerprint density at radius 2 is 1.00 bits per heavy atom. The summed E-state index contributed by atoms with van der Waals surface area (Å²) >= 11 is 0. The summed E-state index contributed by atoms with van der Waals surface area (Å²) in [5, 5.41) is 0. The van der Waals surface area contributed by atoms with E-state index in [1.54, 1.807) is 0 Å².